The second-order valence-corrected chi connectivity index (χ2v) is 24.9. The van der Waals surface area contributed by atoms with E-state index in [9.17, 15) is 15.8 Å². The highest BCUT2D eigenvalue weighted by Crippen LogP contribution is 2.49. The molecule has 16 rings (SSSR count). The van der Waals surface area contributed by atoms with Gasteiger partial charge >= 0.3 is 6.18 Å². The highest BCUT2D eigenvalue weighted by molar-refractivity contribution is 6.16. The monoisotopic (exact) mass is 1220 g/mol. The van der Waals surface area contributed by atoms with E-state index >= 15 is 13.2 Å². The number of aryl methyl sites for hydroxylation is 8. The first-order chi connectivity index (χ1) is 45.5. The predicted molar refractivity (Wildman–Crippen MR) is 378 cm³/mol. The topological polar surface area (TPSA) is 91.1 Å². The SMILES string of the molecule is Cc1cccc2c1c1c(C)cccc1n2-c1cc(-c2cccc(C#N)c2)cc(-n2c3cccc(C)c3c3c(C)cccc32)c1C#N.Cc1cccc2c1c1c(C)cccc1n2-c1cc(-c2cccc(C#N)c2)cc(-n2c3cccc(C)c3c3c(C)cccc32)c1C(F)(F)F. The lowest BCUT2D eigenvalue weighted by molar-refractivity contribution is -0.137. The van der Waals surface area contributed by atoms with E-state index in [1.165, 1.54) is 43.8 Å². The quantitative estimate of drug-likeness (QED) is 0.166. The molecule has 4 heterocycles. The summed E-state index contributed by atoms with van der Waals surface area (Å²) >= 11 is 0. The zero-order chi connectivity index (χ0) is 65.2. The van der Waals surface area contributed by atoms with Crippen molar-refractivity contribution >= 4 is 87.2 Å². The van der Waals surface area contributed by atoms with Crippen molar-refractivity contribution in [2.24, 2.45) is 0 Å². The normalized spacial score (nSPS) is 11.7. The van der Waals surface area contributed by atoms with Crippen LogP contribution in [0, 0.1) is 89.4 Å². The first-order valence-electron chi connectivity index (χ1n) is 31.3. The Kier molecular flexibility index (Phi) is 13.8. The molecule has 0 radical (unpaired) electrons. The minimum atomic E-state index is -4.73. The minimum Gasteiger partial charge on any atom is -0.309 e. The lowest BCUT2D eigenvalue weighted by Crippen LogP contribution is -2.16. The van der Waals surface area contributed by atoms with Crippen molar-refractivity contribution in [3.8, 4) is 63.2 Å². The molecule has 4 aromatic heterocycles. The number of nitriles is 3. The van der Waals surface area contributed by atoms with Crippen molar-refractivity contribution in [3.05, 3.63) is 285 Å². The minimum absolute atomic E-state index is 0.0314. The first-order valence-corrected chi connectivity index (χ1v) is 31.3. The molecule has 7 nitrogen and oxygen atoms in total. The Balaban J connectivity index is 0.000000155. The molecule has 0 aliphatic rings. The molecule has 12 aromatic carbocycles. The van der Waals surface area contributed by atoms with Crippen LogP contribution in [0.3, 0.4) is 0 Å². The van der Waals surface area contributed by atoms with Crippen molar-refractivity contribution < 1.29 is 13.2 Å². The highest BCUT2D eigenvalue weighted by atomic mass is 19.4. The summed E-state index contributed by atoms with van der Waals surface area (Å²) in [5.41, 5.74) is 21.4. The molecular weight excluding hydrogens is 1160 g/mol. The van der Waals surface area contributed by atoms with E-state index in [1.807, 2.05) is 131 Å². The summed E-state index contributed by atoms with van der Waals surface area (Å²) in [4.78, 5) is 0. The molecule has 0 saturated heterocycles. The molecule has 10 heteroatoms. The summed E-state index contributed by atoms with van der Waals surface area (Å²) < 4.78 is 56.1. The van der Waals surface area contributed by atoms with Gasteiger partial charge in [-0.2, -0.15) is 29.0 Å². The van der Waals surface area contributed by atoms with Gasteiger partial charge in [-0.15, -0.1) is 0 Å². The Morgan fingerprint density at radius 1 is 0.266 bits per heavy atom. The van der Waals surface area contributed by atoms with E-state index in [2.05, 4.69) is 140 Å². The zero-order valence-corrected chi connectivity index (χ0v) is 53.0. The van der Waals surface area contributed by atoms with Gasteiger partial charge in [0.15, 0.2) is 0 Å². The summed E-state index contributed by atoms with van der Waals surface area (Å²) in [6.07, 6.45) is -4.73. The fourth-order valence-electron chi connectivity index (χ4n) is 15.1. The number of hydrogen-bond donors (Lipinski definition) is 0. The molecule has 0 spiro atoms. The molecule has 0 aliphatic heterocycles. The molecule has 0 N–H and O–H groups in total. The number of rotatable bonds is 6. The van der Waals surface area contributed by atoms with Crippen molar-refractivity contribution in [1.82, 2.24) is 18.3 Å². The van der Waals surface area contributed by atoms with E-state index in [0.717, 1.165) is 88.4 Å². The van der Waals surface area contributed by atoms with Crippen LogP contribution in [0.15, 0.2) is 218 Å². The average Bonchev–Trinajstić information content (AvgIpc) is 1.66. The summed E-state index contributed by atoms with van der Waals surface area (Å²) in [7, 11) is 0. The van der Waals surface area contributed by atoms with Gasteiger partial charge in [0, 0.05) is 43.1 Å². The zero-order valence-electron chi connectivity index (χ0n) is 53.0. The number of benzene rings is 12. The van der Waals surface area contributed by atoms with Crippen molar-refractivity contribution in [3.63, 3.8) is 0 Å². The second-order valence-electron chi connectivity index (χ2n) is 24.9. The fraction of sp³-hybridized carbons (Fsp3) is 0.107. The number of aromatic nitrogens is 4. The molecule has 94 heavy (non-hydrogen) atoms. The van der Waals surface area contributed by atoms with Gasteiger partial charge in [-0.1, -0.05) is 121 Å². The van der Waals surface area contributed by atoms with Gasteiger partial charge in [-0.05, 0) is 219 Å². The Morgan fingerprint density at radius 3 is 0.713 bits per heavy atom. The van der Waals surface area contributed by atoms with E-state index in [-0.39, 0.29) is 11.4 Å². The lowest BCUT2D eigenvalue weighted by Gasteiger charge is -2.23. The molecule has 0 bridgehead atoms. The van der Waals surface area contributed by atoms with E-state index in [0.29, 0.717) is 49.9 Å². The molecule has 0 atom stereocenters. The first kappa shape index (κ1) is 58.5. The maximum absolute atomic E-state index is 16.0. The van der Waals surface area contributed by atoms with E-state index < -0.39 is 11.7 Å². The van der Waals surface area contributed by atoms with Gasteiger partial charge in [0.1, 0.15) is 17.2 Å². The summed E-state index contributed by atoms with van der Waals surface area (Å²) in [6, 6.07) is 78.2. The van der Waals surface area contributed by atoms with Crippen LogP contribution in [-0.4, -0.2) is 18.3 Å². The standard InChI is InChI=1S/C42H30F3N3.C42H30N4/c1-24-10-5-16-31-37(24)38-25(2)11-6-17-32(38)47(31)35-21-30(29-15-9-14-28(20-29)23-46)22-36(41(35)42(43,44)45)48-33-18-7-12-26(3)39(33)40-27(4)13-8-19-34(40)48;1-25-10-5-16-33-39(25)40-26(2)11-6-17-34(40)45(33)37-21-31(30-15-9-14-29(20-30)23-43)22-38(32(37)24-44)46-35-18-7-12-27(3)41(35)42-28(4)13-8-19-36(42)46/h5-22H,1-4H3;5-22H,1-4H3. The Bertz CT molecular complexity index is 5530. The van der Waals surface area contributed by atoms with Crippen LogP contribution >= 0.6 is 0 Å². The van der Waals surface area contributed by atoms with Crippen LogP contribution in [0.2, 0.25) is 0 Å². The third kappa shape index (κ3) is 8.99. The van der Waals surface area contributed by atoms with Crippen molar-refractivity contribution in [1.29, 1.82) is 15.8 Å². The van der Waals surface area contributed by atoms with Crippen LogP contribution in [-0.2, 0) is 6.18 Å². The summed E-state index contributed by atoms with van der Waals surface area (Å²) in [5, 5.41) is 39.1. The van der Waals surface area contributed by atoms with E-state index in [1.54, 1.807) is 39.5 Å². The van der Waals surface area contributed by atoms with Gasteiger partial charge in [-0.25, -0.2) is 0 Å². The van der Waals surface area contributed by atoms with Gasteiger partial charge in [-0.3, -0.25) is 0 Å². The third-order valence-electron chi connectivity index (χ3n) is 19.1. The number of fused-ring (bicyclic) bond motifs is 12. The van der Waals surface area contributed by atoms with E-state index in [4.69, 9.17) is 0 Å². The summed E-state index contributed by atoms with van der Waals surface area (Å²) in [6.45, 7) is 16.6. The second kappa shape index (κ2) is 22.2. The van der Waals surface area contributed by atoms with Crippen molar-refractivity contribution in [2.45, 2.75) is 61.6 Å². The number of nitrogens with zero attached hydrogens (tertiary/aromatic N) is 7. The predicted octanol–water partition coefficient (Wildman–Crippen LogP) is 22.2. The van der Waals surface area contributed by atoms with Gasteiger partial charge < -0.3 is 18.3 Å². The Labute approximate surface area is 541 Å². The molecule has 0 saturated carbocycles. The Morgan fingerprint density at radius 2 is 0.489 bits per heavy atom. The molecule has 0 aliphatic carbocycles. The maximum Gasteiger partial charge on any atom is 0.420 e. The average molecular weight is 1220 g/mol. The van der Waals surface area contributed by atoms with Crippen LogP contribution < -0.4 is 0 Å². The Hall–Kier alpha value is -11.9. The number of halogens is 3. The molecule has 0 fully saturated rings. The van der Waals surface area contributed by atoms with Gasteiger partial charge in [0.05, 0.1) is 90.1 Å². The smallest absolute Gasteiger partial charge is 0.309 e. The number of hydrogen-bond acceptors (Lipinski definition) is 3. The van der Waals surface area contributed by atoms with Crippen LogP contribution in [0.1, 0.15) is 66.8 Å². The molecule has 0 unspecified atom stereocenters. The maximum atomic E-state index is 16.0. The van der Waals surface area contributed by atoms with Crippen molar-refractivity contribution in [2.75, 3.05) is 0 Å². The van der Waals surface area contributed by atoms with Crippen LogP contribution in [0.4, 0.5) is 13.2 Å². The molecule has 452 valence electrons. The lowest BCUT2D eigenvalue weighted by atomic mass is 9.98. The fourth-order valence-corrected chi connectivity index (χ4v) is 15.1. The van der Waals surface area contributed by atoms with Crippen LogP contribution in [0.5, 0.6) is 0 Å². The van der Waals surface area contributed by atoms with Crippen LogP contribution in [0.25, 0.3) is 132 Å². The molecule has 0 amide bonds. The third-order valence-corrected chi connectivity index (χ3v) is 19.1. The highest BCUT2D eigenvalue weighted by Gasteiger charge is 2.40. The molecule has 16 aromatic rings. The van der Waals surface area contributed by atoms with Gasteiger partial charge in [0.25, 0.3) is 0 Å². The largest absolute Gasteiger partial charge is 0.420 e. The number of alkyl halides is 3. The summed E-state index contributed by atoms with van der Waals surface area (Å²) in [5.74, 6) is 0. The molecular formula is C84H60F3N7. The van der Waals surface area contributed by atoms with Gasteiger partial charge in [0.2, 0.25) is 0 Å².